The predicted octanol–water partition coefficient (Wildman–Crippen LogP) is 6.24. The van der Waals surface area contributed by atoms with Crippen molar-refractivity contribution in [1.82, 2.24) is 34.5 Å². The maximum absolute atomic E-state index is 13.5. The first-order chi connectivity index (χ1) is 19.9. The maximum Gasteiger partial charge on any atom is 0.273 e. The number of pyridine rings is 1. The molecule has 0 atom stereocenters. The number of rotatable bonds is 11. The molecule has 0 unspecified atom stereocenters. The first-order valence-electron chi connectivity index (χ1n) is 13.1. The summed E-state index contributed by atoms with van der Waals surface area (Å²) in [5.74, 6) is 1.15. The van der Waals surface area contributed by atoms with Crippen LogP contribution in [0.4, 0.5) is 0 Å². The molecule has 0 N–H and O–H groups in total. The minimum Gasteiger partial charge on any atom is -0.332 e. The summed E-state index contributed by atoms with van der Waals surface area (Å²) < 4.78 is 2.01. The van der Waals surface area contributed by atoms with Crippen molar-refractivity contribution in [2.45, 2.75) is 24.4 Å². The fourth-order valence-electron chi connectivity index (χ4n) is 4.23. The number of carbonyl (C=O) groups is 1. The van der Waals surface area contributed by atoms with Gasteiger partial charge in [0.1, 0.15) is 10.7 Å². The number of carbonyl (C=O) groups excluding carboxylic acids is 1. The van der Waals surface area contributed by atoms with Crippen molar-refractivity contribution < 1.29 is 4.79 Å². The Morgan fingerprint density at radius 3 is 2.63 bits per heavy atom. The molecule has 5 rings (SSSR count). The first-order valence-corrected chi connectivity index (χ1v) is 15.3. The van der Waals surface area contributed by atoms with Gasteiger partial charge in [-0.25, -0.2) is 4.98 Å². The van der Waals surface area contributed by atoms with Crippen LogP contribution < -0.4 is 0 Å². The van der Waals surface area contributed by atoms with Gasteiger partial charge in [0.15, 0.2) is 11.0 Å². The quantitative estimate of drug-likeness (QED) is 0.165. The van der Waals surface area contributed by atoms with E-state index in [-0.39, 0.29) is 5.91 Å². The summed E-state index contributed by atoms with van der Waals surface area (Å²) in [6.07, 6.45) is 3.50. The zero-order valence-corrected chi connectivity index (χ0v) is 25.5. The average molecular weight is 604 g/mol. The fraction of sp³-hybridized carbons (Fsp3) is 0.233. The number of thiazole rings is 1. The van der Waals surface area contributed by atoms with Gasteiger partial charge in [-0.15, -0.1) is 21.5 Å². The number of benzene rings is 2. The van der Waals surface area contributed by atoms with Gasteiger partial charge in [0.2, 0.25) is 0 Å². The van der Waals surface area contributed by atoms with Crippen molar-refractivity contribution in [3.8, 4) is 17.1 Å². The highest BCUT2D eigenvalue weighted by Crippen LogP contribution is 2.32. The molecule has 0 aliphatic rings. The zero-order valence-electron chi connectivity index (χ0n) is 23.1. The van der Waals surface area contributed by atoms with E-state index in [4.69, 9.17) is 16.6 Å². The minimum absolute atomic E-state index is 0.0696. The van der Waals surface area contributed by atoms with Crippen molar-refractivity contribution in [3.63, 3.8) is 0 Å². The van der Waals surface area contributed by atoms with Crippen molar-refractivity contribution in [1.29, 1.82) is 0 Å². The molecule has 0 saturated carbocycles. The third-order valence-electron chi connectivity index (χ3n) is 6.38. The van der Waals surface area contributed by atoms with Gasteiger partial charge in [-0.05, 0) is 56.4 Å². The molecule has 0 aliphatic heterocycles. The molecule has 0 saturated heterocycles. The number of halogens is 1. The number of aromatic nitrogens is 5. The molecule has 41 heavy (non-hydrogen) atoms. The van der Waals surface area contributed by atoms with Gasteiger partial charge in [-0.3, -0.25) is 14.3 Å². The third-order valence-corrected chi connectivity index (χ3v) is 8.59. The molecule has 3 aromatic heterocycles. The minimum atomic E-state index is -0.0696. The highest BCUT2D eigenvalue weighted by molar-refractivity contribution is 7.98. The largest absolute Gasteiger partial charge is 0.332 e. The number of nitrogens with zero attached hydrogens (tertiary/aromatic N) is 7. The number of hydrogen-bond acceptors (Lipinski definition) is 8. The van der Waals surface area contributed by atoms with E-state index in [0.717, 1.165) is 33.9 Å². The van der Waals surface area contributed by atoms with Crippen LogP contribution in [0.15, 0.2) is 83.6 Å². The molecular formula is C30H30ClN7OS2. The van der Waals surface area contributed by atoms with E-state index in [1.54, 1.807) is 12.4 Å². The summed E-state index contributed by atoms with van der Waals surface area (Å²) in [6, 6.07) is 19.6. The van der Waals surface area contributed by atoms with Gasteiger partial charge in [0.05, 0.1) is 11.4 Å². The normalized spacial score (nSPS) is 11.2. The Balaban J connectivity index is 1.37. The lowest BCUT2D eigenvalue weighted by Crippen LogP contribution is -2.36. The molecule has 5 aromatic rings. The van der Waals surface area contributed by atoms with Gasteiger partial charge in [-0.1, -0.05) is 59.8 Å². The number of amides is 1. The molecule has 0 aliphatic carbocycles. The molecule has 0 bridgehead atoms. The Hall–Kier alpha value is -3.57. The Kier molecular flexibility index (Phi) is 9.45. The Labute approximate surface area is 253 Å². The summed E-state index contributed by atoms with van der Waals surface area (Å²) in [7, 11) is 4.01. The molecule has 0 radical (unpaired) electrons. The molecule has 3 heterocycles. The second-order valence-corrected chi connectivity index (χ2v) is 12.1. The van der Waals surface area contributed by atoms with E-state index in [2.05, 4.69) is 20.1 Å². The van der Waals surface area contributed by atoms with Gasteiger partial charge in [0, 0.05) is 48.0 Å². The van der Waals surface area contributed by atoms with Gasteiger partial charge < -0.3 is 9.80 Å². The third kappa shape index (κ3) is 7.20. The van der Waals surface area contributed by atoms with E-state index in [0.29, 0.717) is 40.5 Å². The van der Waals surface area contributed by atoms with E-state index < -0.39 is 0 Å². The molecule has 210 valence electrons. The lowest BCUT2D eigenvalue weighted by Gasteiger charge is -2.24. The van der Waals surface area contributed by atoms with E-state index >= 15 is 0 Å². The monoisotopic (exact) mass is 603 g/mol. The van der Waals surface area contributed by atoms with Gasteiger partial charge >= 0.3 is 0 Å². The maximum atomic E-state index is 13.5. The second-order valence-electron chi connectivity index (χ2n) is 9.74. The molecule has 11 heteroatoms. The molecular weight excluding hydrogens is 574 g/mol. The van der Waals surface area contributed by atoms with Crippen LogP contribution in [0.5, 0.6) is 0 Å². The lowest BCUT2D eigenvalue weighted by molar-refractivity contribution is 0.0726. The highest BCUT2D eigenvalue weighted by atomic mass is 35.5. The molecule has 1 amide bonds. The zero-order chi connectivity index (χ0) is 28.8. The Morgan fingerprint density at radius 2 is 1.88 bits per heavy atom. The molecule has 0 fully saturated rings. The van der Waals surface area contributed by atoms with E-state index in [1.165, 1.54) is 23.1 Å². The molecule has 0 spiro atoms. The van der Waals surface area contributed by atoms with Crippen molar-refractivity contribution in [2.24, 2.45) is 0 Å². The highest BCUT2D eigenvalue weighted by Gasteiger charge is 2.21. The van der Waals surface area contributed by atoms with E-state index in [1.807, 2.05) is 96.5 Å². The second kappa shape index (κ2) is 13.4. The van der Waals surface area contributed by atoms with Crippen LogP contribution in [0.25, 0.3) is 17.1 Å². The predicted molar refractivity (Wildman–Crippen MR) is 166 cm³/mol. The molecule has 2 aromatic carbocycles. The Bertz CT molecular complexity index is 1610. The van der Waals surface area contributed by atoms with Crippen molar-refractivity contribution >= 4 is 40.6 Å². The summed E-state index contributed by atoms with van der Waals surface area (Å²) in [4.78, 5) is 26.4. The van der Waals surface area contributed by atoms with Crippen LogP contribution in [-0.2, 0) is 12.3 Å². The number of thioether (sulfide) groups is 1. The smallest absolute Gasteiger partial charge is 0.273 e. The summed E-state index contributed by atoms with van der Waals surface area (Å²) in [5.41, 5.74) is 4.34. The topological polar surface area (TPSA) is 80.0 Å². The summed E-state index contributed by atoms with van der Waals surface area (Å²) in [6.45, 7) is 3.95. The van der Waals surface area contributed by atoms with Crippen molar-refractivity contribution in [3.05, 3.63) is 105 Å². The number of aryl methyl sites for hydroxylation is 1. The standard InChI is InChI=1S/C30H30ClN7OS2/c1-21-11-12-24(31)16-26(21)38-28(23-10-7-13-32-17-23)34-35-30(38)41-20-27-33-25(19-40-27)29(39)37(15-14-36(2)3)18-22-8-5-4-6-9-22/h4-13,16-17,19H,14-15,18,20H2,1-3H3. The number of likely N-dealkylation sites (N-methyl/N-ethyl adjacent to an activating group) is 1. The van der Waals surface area contributed by atoms with Crippen LogP contribution in [0.1, 0.15) is 26.6 Å². The number of hydrogen-bond donors (Lipinski definition) is 0. The van der Waals surface area contributed by atoms with E-state index in [9.17, 15) is 4.79 Å². The van der Waals surface area contributed by atoms with Crippen LogP contribution >= 0.6 is 34.7 Å². The van der Waals surface area contributed by atoms with Crippen LogP contribution in [0.2, 0.25) is 5.02 Å². The van der Waals surface area contributed by atoms with Crippen LogP contribution in [-0.4, -0.2) is 67.6 Å². The van der Waals surface area contributed by atoms with Gasteiger partial charge in [-0.2, -0.15) is 0 Å². The van der Waals surface area contributed by atoms with Gasteiger partial charge in [0.25, 0.3) is 5.91 Å². The summed E-state index contributed by atoms with van der Waals surface area (Å²) in [5, 5.41) is 13.0. The summed E-state index contributed by atoms with van der Waals surface area (Å²) >= 11 is 9.38. The first kappa shape index (κ1) is 28.9. The average Bonchev–Trinajstić information content (AvgIpc) is 3.63. The Morgan fingerprint density at radius 1 is 1.05 bits per heavy atom. The van der Waals surface area contributed by atoms with Crippen molar-refractivity contribution in [2.75, 3.05) is 27.2 Å². The molecule has 8 nitrogen and oxygen atoms in total. The SMILES string of the molecule is Cc1ccc(Cl)cc1-n1c(SCc2nc(C(=O)N(CCN(C)C)Cc3ccccc3)cs2)nnc1-c1cccnc1. The fourth-order valence-corrected chi connectivity index (χ4v) is 6.12. The van der Waals surface area contributed by atoms with Crippen LogP contribution in [0, 0.1) is 6.92 Å². The van der Waals surface area contributed by atoms with Crippen LogP contribution in [0.3, 0.4) is 0 Å². The lowest BCUT2D eigenvalue weighted by atomic mass is 10.2.